The molecule has 2 aliphatic rings. The van der Waals surface area contributed by atoms with Crippen LogP contribution in [-0.2, 0) is 0 Å². The van der Waals surface area contributed by atoms with Crippen molar-refractivity contribution < 1.29 is 4.39 Å². The van der Waals surface area contributed by atoms with Gasteiger partial charge >= 0.3 is 0 Å². The Morgan fingerprint density at radius 1 is 1.04 bits per heavy atom. The average Bonchev–Trinajstić information content (AvgIpc) is 2.62. The molecule has 0 aromatic heterocycles. The minimum atomic E-state index is -0.169. The third kappa shape index (κ3) is 2.88. The second kappa shape index (κ2) is 6.36. The van der Waals surface area contributed by atoms with Gasteiger partial charge in [-0.3, -0.25) is 0 Å². The SMILES string of the molecule is Fc1ccccc1-c1ccc(C2CCCN3CCSN=C23)cc1. The molecule has 0 radical (unpaired) electrons. The fourth-order valence-corrected chi connectivity index (χ4v) is 4.24. The Morgan fingerprint density at radius 2 is 1.87 bits per heavy atom. The molecule has 1 atom stereocenters. The molecule has 1 fully saturated rings. The molecule has 118 valence electrons. The van der Waals surface area contributed by atoms with Crippen molar-refractivity contribution in [3.63, 3.8) is 0 Å². The van der Waals surface area contributed by atoms with Gasteiger partial charge in [0.25, 0.3) is 0 Å². The molecule has 0 bridgehead atoms. The Hall–Kier alpha value is -1.81. The molecular weight excluding hydrogens is 307 g/mol. The van der Waals surface area contributed by atoms with E-state index in [-0.39, 0.29) is 5.82 Å². The van der Waals surface area contributed by atoms with Gasteiger partial charge < -0.3 is 4.90 Å². The zero-order valence-corrected chi connectivity index (χ0v) is 13.7. The Bertz CT molecular complexity index is 726. The number of amidine groups is 1. The lowest BCUT2D eigenvalue weighted by Gasteiger charge is -2.37. The van der Waals surface area contributed by atoms with E-state index in [2.05, 4.69) is 17.0 Å². The van der Waals surface area contributed by atoms with Crippen LogP contribution in [0.5, 0.6) is 0 Å². The smallest absolute Gasteiger partial charge is 0.131 e. The summed E-state index contributed by atoms with van der Waals surface area (Å²) in [5, 5.41) is 0. The summed E-state index contributed by atoms with van der Waals surface area (Å²) in [6, 6.07) is 15.3. The van der Waals surface area contributed by atoms with E-state index in [0.29, 0.717) is 11.5 Å². The molecule has 2 aliphatic heterocycles. The van der Waals surface area contributed by atoms with Crippen molar-refractivity contribution in [2.24, 2.45) is 4.40 Å². The molecule has 2 nitrogen and oxygen atoms in total. The second-order valence-electron chi connectivity index (χ2n) is 6.07. The van der Waals surface area contributed by atoms with Gasteiger partial charge in [0.2, 0.25) is 0 Å². The largest absolute Gasteiger partial charge is 0.358 e. The van der Waals surface area contributed by atoms with Crippen LogP contribution in [0, 0.1) is 5.82 Å². The van der Waals surface area contributed by atoms with Gasteiger partial charge in [-0.05, 0) is 42.0 Å². The number of fused-ring (bicyclic) bond motifs is 1. The molecule has 2 heterocycles. The van der Waals surface area contributed by atoms with Gasteiger partial charge in [-0.15, -0.1) is 0 Å². The van der Waals surface area contributed by atoms with E-state index in [4.69, 9.17) is 4.40 Å². The third-order valence-electron chi connectivity index (χ3n) is 4.66. The number of nitrogens with zero attached hydrogens (tertiary/aromatic N) is 2. The maximum Gasteiger partial charge on any atom is 0.131 e. The van der Waals surface area contributed by atoms with Crippen molar-refractivity contribution in [2.45, 2.75) is 18.8 Å². The number of benzene rings is 2. The zero-order chi connectivity index (χ0) is 15.6. The summed E-state index contributed by atoms with van der Waals surface area (Å²) in [6.07, 6.45) is 2.36. The fourth-order valence-electron chi connectivity index (χ4n) is 3.47. The molecular formula is C19H19FN2S. The van der Waals surface area contributed by atoms with Crippen molar-refractivity contribution in [3.05, 3.63) is 59.9 Å². The van der Waals surface area contributed by atoms with E-state index >= 15 is 0 Å². The first-order chi connectivity index (χ1) is 11.3. The Balaban J connectivity index is 1.63. The predicted molar refractivity (Wildman–Crippen MR) is 95.3 cm³/mol. The van der Waals surface area contributed by atoms with Crippen molar-refractivity contribution in [1.29, 1.82) is 0 Å². The molecule has 23 heavy (non-hydrogen) atoms. The van der Waals surface area contributed by atoms with Crippen LogP contribution in [-0.4, -0.2) is 29.6 Å². The number of halogens is 1. The van der Waals surface area contributed by atoms with Gasteiger partial charge in [0, 0.05) is 30.3 Å². The molecule has 0 spiro atoms. The average molecular weight is 326 g/mol. The van der Waals surface area contributed by atoms with Gasteiger partial charge in [0.05, 0.1) is 0 Å². The lowest BCUT2D eigenvalue weighted by Crippen LogP contribution is -2.42. The summed E-state index contributed by atoms with van der Waals surface area (Å²) < 4.78 is 18.6. The van der Waals surface area contributed by atoms with E-state index < -0.39 is 0 Å². The quantitative estimate of drug-likeness (QED) is 0.741. The summed E-state index contributed by atoms with van der Waals surface area (Å²) in [4.78, 5) is 2.43. The maximum atomic E-state index is 13.9. The Kier molecular flexibility index (Phi) is 4.08. The van der Waals surface area contributed by atoms with Crippen molar-refractivity contribution in [2.75, 3.05) is 18.8 Å². The Labute approximate surface area is 140 Å². The number of rotatable bonds is 2. The van der Waals surface area contributed by atoms with Crippen molar-refractivity contribution in [1.82, 2.24) is 4.90 Å². The molecule has 0 aliphatic carbocycles. The molecule has 2 aromatic carbocycles. The van der Waals surface area contributed by atoms with Crippen LogP contribution in [0.3, 0.4) is 0 Å². The number of hydrogen-bond donors (Lipinski definition) is 0. The van der Waals surface area contributed by atoms with Gasteiger partial charge in [-0.2, -0.15) is 0 Å². The highest BCUT2D eigenvalue weighted by Crippen LogP contribution is 2.33. The van der Waals surface area contributed by atoms with Crippen LogP contribution in [0.4, 0.5) is 4.39 Å². The summed E-state index contributed by atoms with van der Waals surface area (Å²) in [7, 11) is 0. The molecule has 0 amide bonds. The van der Waals surface area contributed by atoms with Gasteiger partial charge in [0.15, 0.2) is 0 Å². The van der Waals surface area contributed by atoms with Crippen LogP contribution in [0.15, 0.2) is 52.9 Å². The minimum Gasteiger partial charge on any atom is -0.358 e. The van der Waals surface area contributed by atoms with Gasteiger partial charge in [0.1, 0.15) is 11.7 Å². The van der Waals surface area contributed by atoms with E-state index in [1.165, 1.54) is 23.9 Å². The summed E-state index contributed by atoms with van der Waals surface area (Å²) >= 11 is 1.68. The second-order valence-corrected chi connectivity index (χ2v) is 6.92. The molecule has 1 saturated heterocycles. The standard InChI is InChI=1S/C19H19FN2S/c20-18-6-2-1-4-16(18)14-7-9-15(10-8-14)17-5-3-11-22-12-13-23-21-19(17)22/h1-2,4,6-10,17H,3,5,11-13H2. The lowest BCUT2D eigenvalue weighted by molar-refractivity contribution is 0.371. The van der Waals surface area contributed by atoms with Crippen molar-refractivity contribution in [3.8, 4) is 11.1 Å². The number of hydrogen-bond acceptors (Lipinski definition) is 3. The summed E-state index contributed by atoms with van der Waals surface area (Å²) in [5.74, 6) is 2.53. The first-order valence-corrected chi connectivity index (χ1v) is 9.07. The lowest BCUT2D eigenvalue weighted by atomic mass is 9.88. The van der Waals surface area contributed by atoms with E-state index in [1.807, 2.05) is 24.3 Å². The highest BCUT2D eigenvalue weighted by molar-refractivity contribution is 7.98. The zero-order valence-electron chi connectivity index (χ0n) is 12.9. The first kappa shape index (κ1) is 14.8. The molecule has 4 heteroatoms. The first-order valence-electron chi connectivity index (χ1n) is 8.12. The molecule has 2 aromatic rings. The maximum absolute atomic E-state index is 13.9. The Morgan fingerprint density at radius 3 is 2.70 bits per heavy atom. The number of piperidine rings is 1. The van der Waals surface area contributed by atoms with E-state index in [0.717, 1.165) is 30.8 Å². The van der Waals surface area contributed by atoms with Gasteiger partial charge in [-0.1, -0.05) is 42.5 Å². The van der Waals surface area contributed by atoms with Crippen LogP contribution in [0.2, 0.25) is 0 Å². The highest BCUT2D eigenvalue weighted by atomic mass is 32.2. The molecule has 0 N–H and O–H groups in total. The van der Waals surface area contributed by atoms with Crippen LogP contribution >= 0.6 is 11.9 Å². The third-order valence-corrected chi connectivity index (χ3v) is 5.35. The highest BCUT2D eigenvalue weighted by Gasteiger charge is 2.29. The van der Waals surface area contributed by atoms with E-state index in [1.54, 1.807) is 18.0 Å². The monoisotopic (exact) mass is 326 g/mol. The molecule has 1 unspecified atom stereocenters. The summed E-state index contributed by atoms with van der Waals surface area (Å²) in [5.41, 5.74) is 2.88. The topological polar surface area (TPSA) is 15.6 Å². The van der Waals surface area contributed by atoms with Crippen LogP contribution < -0.4 is 0 Å². The molecule has 0 saturated carbocycles. The molecule has 4 rings (SSSR count). The normalized spacial score (nSPS) is 20.8. The summed E-state index contributed by atoms with van der Waals surface area (Å²) in [6.45, 7) is 2.23. The minimum absolute atomic E-state index is 0.169. The van der Waals surface area contributed by atoms with Crippen LogP contribution in [0.1, 0.15) is 24.3 Å². The van der Waals surface area contributed by atoms with Crippen LogP contribution in [0.25, 0.3) is 11.1 Å². The van der Waals surface area contributed by atoms with Crippen molar-refractivity contribution >= 4 is 17.8 Å². The fraction of sp³-hybridized carbons (Fsp3) is 0.316. The predicted octanol–water partition coefficient (Wildman–Crippen LogP) is 4.73. The van der Waals surface area contributed by atoms with Gasteiger partial charge in [-0.25, -0.2) is 8.79 Å². The van der Waals surface area contributed by atoms with E-state index in [9.17, 15) is 4.39 Å².